The largest absolute Gasteiger partial charge is 0.378 e. The first-order valence-electron chi connectivity index (χ1n) is 9.69. The number of nitrogens with zero attached hydrogens (tertiary/aromatic N) is 5. The number of benzene rings is 1. The van der Waals surface area contributed by atoms with Crippen LogP contribution >= 0.6 is 11.8 Å². The molecule has 0 radical (unpaired) electrons. The summed E-state index contributed by atoms with van der Waals surface area (Å²) < 4.78 is 7.34. The van der Waals surface area contributed by atoms with Crippen molar-refractivity contribution in [2.45, 2.75) is 48.6 Å². The number of rotatable bonds is 5. The molecule has 1 aliphatic heterocycles. The van der Waals surface area contributed by atoms with Crippen molar-refractivity contribution < 1.29 is 9.53 Å². The first kappa shape index (κ1) is 18.4. The Morgan fingerprint density at radius 2 is 1.85 bits per heavy atom. The molecule has 1 unspecified atom stereocenters. The normalized spacial score (nSPS) is 19.8. The predicted octanol–water partition coefficient (Wildman–Crippen LogP) is 2.87. The van der Waals surface area contributed by atoms with Crippen molar-refractivity contribution in [2.75, 3.05) is 26.3 Å². The van der Waals surface area contributed by atoms with Gasteiger partial charge < -0.3 is 9.64 Å². The molecule has 1 aromatic carbocycles. The third-order valence-electron chi connectivity index (χ3n) is 5.26. The summed E-state index contributed by atoms with van der Waals surface area (Å²) in [7, 11) is 0. The first-order chi connectivity index (χ1) is 13.3. The van der Waals surface area contributed by atoms with E-state index in [0.29, 0.717) is 32.3 Å². The predicted molar refractivity (Wildman–Crippen MR) is 102 cm³/mol. The Morgan fingerprint density at radius 1 is 1.11 bits per heavy atom. The molecule has 2 aliphatic rings. The van der Waals surface area contributed by atoms with Crippen molar-refractivity contribution in [3.8, 4) is 0 Å². The average molecular weight is 388 g/mol. The lowest BCUT2D eigenvalue weighted by Gasteiger charge is -2.30. The molecule has 2 heterocycles. The van der Waals surface area contributed by atoms with Gasteiger partial charge in [-0.3, -0.25) is 4.79 Å². The number of amides is 1. The van der Waals surface area contributed by atoms with Gasteiger partial charge in [-0.2, -0.15) is 0 Å². The number of aromatic nitrogens is 4. The van der Waals surface area contributed by atoms with Gasteiger partial charge in [-0.25, -0.2) is 4.68 Å². The number of morpholine rings is 1. The lowest BCUT2D eigenvalue weighted by Crippen LogP contribution is -2.42. The molecule has 2 fully saturated rings. The molecule has 0 bridgehead atoms. The lowest BCUT2D eigenvalue weighted by molar-refractivity contribution is -0.134. The fourth-order valence-corrected chi connectivity index (χ4v) is 4.89. The highest BCUT2D eigenvalue weighted by atomic mass is 32.2. The van der Waals surface area contributed by atoms with E-state index in [2.05, 4.69) is 15.5 Å². The van der Waals surface area contributed by atoms with Gasteiger partial charge in [0.2, 0.25) is 11.1 Å². The molecule has 27 heavy (non-hydrogen) atoms. The number of carbonyl (C=O) groups excluding carboxylic acids is 1. The third kappa shape index (κ3) is 4.32. The summed E-state index contributed by atoms with van der Waals surface area (Å²) >= 11 is 1.47. The Labute approximate surface area is 163 Å². The molecule has 1 saturated carbocycles. The molecule has 0 spiro atoms. The average Bonchev–Trinajstić information content (AvgIpc) is 3.22. The minimum absolute atomic E-state index is 0.104. The summed E-state index contributed by atoms with van der Waals surface area (Å²) in [5, 5.41) is 12.8. The zero-order valence-electron chi connectivity index (χ0n) is 15.4. The molecular weight excluding hydrogens is 362 g/mol. The number of ether oxygens (including phenoxy) is 1. The summed E-state index contributed by atoms with van der Waals surface area (Å²) in [5.41, 5.74) is 0.984. The standard InChI is InChI=1S/C19H25N5O2S/c25-18(23-11-13-26-14-12-23)17(15-7-3-1-4-8-15)27-19-20-21-22-24(19)16-9-5-2-6-10-16/h1,3-4,7-8,16-17H,2,5-6,9-14H2. The van der Waals surface area contributed by atoms with Crippen LogP contribution in [0.15, 0.2) is 35.5 Å². The number of carbonyl (C=O) groups is 1. The fourth-order valence-electron chi connectivity index (χ4n) is 3.76. The van der Waals surface area contributed by atoms with Crippen molar-refractivity contribution in [3.63, 3.8) is 0 Å². The zero-order valence-corrected chi connectivity index (χ0v) is 16.2. The maximum Gasteiger partial charge on any atom is 0.240 e. The Morgan fingerprint density at radius 3 is 2.59 bits per heavy atom. The molecular formula is C19H25N5O2S. The lowest BCUT2D eigenvalue weighted by atomic mass is 9.96. The fraction of sp³-hybridized carbons (Fsp3) is 0.579. The first-order valence-corrected chi connectivity index (χ1v) is 10.6. The van der Waals surface area contributed by atoms with Crippen LogP contribution in [0.2, 0.25) is 0 Å². The molecule has 7 nitrogen and oxygen atoms in total. The minimum atomic E-state index is -0.349. The molecule has 1 aromatic heterocycles. The molecule has 2 aromatic rings. The summed E-state index contributed by atoms with van der Waals surface area (Å²) in [6, 6.07) is 10.3. The van der Waals surface area contributed by atoms with Crippen LogP contribution in [0, 0.1) is 0 Å². The van der Waals surface area contributed by atoms with Gasteiger partial charge in [0.15, 0.2) is 0 Å². The van der Waals surface area contributed by atoms with Gasteiger partial charge in [-0.05, 0) is 28.8 Å². The summed E-state index contributed by atoms with van der Waals surface area (Å²) in [6.45, 7) is 2.46. The maximum absolute atomic E-state index is 13.3. The van der Waals surface area contributed by atoms with Gasteiger partial charge in [-0.15, -0.1) is 5.10 Å². The summed E-state index contributed by atoms with van der Waals surface area (Å²) in [6.07, 6.45) is 5.91. The van der Waals surface area contributed by atoms with E-state index in [1.807, 2.05) is 39.9 Å². The van der Waals surface area contributed by atoms with Gasteiger partial charge in [0.25, 0.3) is 0 Å². The van der Waals surface area contributed by atoms with E-state index in [-0.39, 0.29) is 11.2 Å². The number of tetrazole rings is 1. The highest BCUT2D eigenvalue weighted by molar-refractivity contribution is 8.00. The monoisotopic (exact) mass is 387 g/mol. The van der Waals surface area contributed by atoms with Crippen LogP contribution in [-0.2, 0) is 9.53 Å². The Bertz CT molecular complexity index is 742. The van der Waals surface area contributed by atoms with Crippen LogP contribution in [0.1, 0.15) is 49.0 Å². The van der Waals surface area contributed by atoms with Crippen molar-refractivity contribution in [3.05, 3.63) is 35.9 Å². The van der Waals surface area contributed by atoms with Crippen LogP contribution in [0.3, 0.4) is 0 Å². The van der Waals surface area contributed by atoms with Crippen molar-refractivity contribution in [1.29, 1.82) is 0 Å². The van der Waals surface area contributed by atoms with E-state index in [4.69, 9.17) is 4.74 Å². The molecule has 1 amide bonds. The van der Waals surface area contributed by atoms with Crippen LogP contribution in [0.25, 0.3) is 0 Å². The SMILES string of the molecule is O=C(C(Sc1nnnn1C1CCCCC1)c1ccccc1)N1CCOCC1. The van der Waals surface area contributed by atoms with Gasteiger partial charge in [0.1, 0.15) is 5.25 Å². The minimum Gasteiger partial charge on any atom is -0.378 e. The third-order valence-corrected chi connectivity index (χ3v) is 6.44. The van der Waals surface area contributed by atoms with Crippen LogP contribution in [0.5, 0.6) is 0 Å². The van der Waals surface area contributed by atoms with E-state index < -0.39 is 0 Å². The topological polar surface area (TPSA) is 73.1 Å². The number of thioether (sulfide) groups is 1. The molecule has 1 atom stereocenters. The smallest absolute Gasteiger partial charge is 0.240 e. The second-order valence-corrected chi connectivity index (χ2v) is 8.12. The van der Waals surface area contributed by atoms with E-state index in [9.17, 15) is 4.79 Å². The molecule has 0 N–H and O–H groups in total. The van der Waals surface area contributed by atoms with Crippen LogP contribution in [0.4, 0.5) is 0 Å². The highest BCUT2D eigenvalue weighted by Gasteiger charge is 2.31. The molecule has 1 aliphatic carbocycles. The summed E-state index contributed by atoms with van der Waals surface area (Å²) in [5.74, 6) is 0.104. The van der Waals surface area contributed by atoms with Gasteiger partial charge in [-0.1, -0.05) is 61.4 Å². The molecule has 1 saturated heterocycles. The van der Waals surface area contributed by atoms with Gasteiger partial charge in [0.05, 0.1) is 19.3 Å². The Balaban J connectivity index is 1.58. The number of hydrogen-bond acceptors (Lipinski definition) is 6. The van der Waals surface area contributed by atoms with E-state index in [1.54, 1.807) is 0 Å². The second kappa shape index (κ2) is 8.84. The summed E-state index contributed by atoms with van der Waals surface area (Å²) in [4.78, 5) is 15.2. The number of hydrogen-bond donors (Lipinski definition) is 0. The van der Waals surface area contributed by atoms with Crippen molar-refractivity contribution in [1.82, 2.24) is 25.1 Å². The maximum atomic E-state index is 13.3. The van der Waals surface area contributed by atoms with Crippen LogP contribution < -0.4 is 0 Å². The van der Waals surface area contributed by atoms with Gasteiger partial charge in [0, 0.05) is 13.1 Å². The molecule has 4 rings (SSSR count). The second-order valence-electron chi connectivity index (χ2n) is 7.04. The molecule has 144 valence electrons. The Kier molecular flexibility index (Phi) is 6.03. The molecule has 8 heteroatoms. The van der Waals surface area contributed by atoms with Crippen LogP contribution in [-0.4, -0.2) is 57.3 Å². The van der Waals surface area contributed by atoms with Crippen molar-refractivity contribution >= 4 is 17.7 Å². The van der Waals surface area contributed by atoms with Gasteiger partial charge >= 0.3 is 0 Å². The van der Waals surface area contributed by atoms with Crippen molar-refractivity contribution in [2.24, 2.45) is 0 Å². The Hall–Kier alpha value is -1.93. The van der Waals surface area contributed by atoms with E-state index >= 15 is 0 Å². The van der Waals surface area contributed by atoms with E-state index in [0.717, 1.165) is 23.6 Å². The zero-order chi connectivity index (χ0) is 18.5. The quantitative estimate of drug-likeness (QED) is 0.735. The van der Waals surface area contributed by atoms with E-state index in [1.165, 1.54) is 31.0 Å². The highest BCUT2D eigenvalue weighted by Crippen LogP contribution is 2.38.